The summed E-state index contributed by atoms with van der Waals surface area (Å²) < 4.78 is 29.7. The van der Waals surface area contributed by atoms with E-state index in [1.165, 1.54) is 12.1 Å². The molecule has 2 aromatic carbocycles. The number of fused-ring (bicyclic) bond motifs is 1. The number of sulfonamides is 1. The van der Waals surface area contributed by atoms with Crippen molar-refractivity contribution in [3.63, 3.8) is 0 Å². The number of likely N-dealkylation sites (tertiary alicyclic amines) is 1. The van der Waals surface area contributed by atoms with Gasteiger partial charge in [0, 0.05) is 49.3 Å². The van der Waals surface area contributed by atoms with Gasteiger partial charge in [-0.3, -0.25) is 9.59 Å². The number of carbonyl (C=O) groups excluding carboxylic acids is 2. The van der Waals surface area contributed by atoms with E-state index < -0.39 is 27.4 Å². The summed E-state index contributed by atoms with van der Waals surface area (Å²) in [5, 5.41) is 17.8. The van der Waals surface area contributed by atoms with Crippen LogP contribution in [-0.4, -0.2) is 74.6 Å². The van der Waals surface area contributed by atoms with E-state index in [0.717, 1.165) is 18.2 Å². The molecule has 11 heteroatoms. The third-order valence-electron chi connectivity index (χ3n) is 7.75. The molecule has 2 amide bonds. The number of rotatable bonds is 9. The summed E-state index contributed by atoms with van der Waals surface area (Å²) in [6, 6.07) is 9.92. The van der Waals surface area contributed by atoms with Gasteiger partial charge in [0.05, 0.1) is 10.8 Å². The fourth-order valence-electron chi connectivity index (χ4n) is 5.21. The second-order valence-electron chi connectivity index (χ2n) is 11.3. The van der Waals surface area contributed by atoms with E-state index in [1.807, 2.05) is 13.8 Å². The number of aliphatic hydroxyl groups excluding tert-OH is 1. The molecule has 9 nitrogen and oxygen atoms in total. The van der Waals surface area contributed by atoms with Crippen molar-refractivity contribution in [1.29, 1.82) is 0 Å². The minimum atomic E-state index is -4.14. The van der Waals surface area contributed by atoms with Crippen LogP contribution in [0.5, 0.6) is 0 Å². The molecular weight excluding hydrogens is 528 g/mol. The van der Waals surface area contributed by atoms with Gasteiger partial charge in [0.2, 0.25) is 21.8 Å². The average molecular weight is 565 g/mol. The van der Waals surface area contributed by atoms with Crippen LogP contribution in [0.15, 0.2) is 41.3 Å². The van der Waals surface area contributed by atoms with Crippen molar-refractivity contribution in [3.8, 4) is 0 Å². The molecule has 38 heavy (non-hydrogen) atoms. The quantitative estimate of drug-likeness (QED) is 0.370. The van der Waals surface area contributed by atoms with Crippen LogP contribution in [0.1, 0.15) is 40.0 Å². The lowest BCUT2D eigenvalue weighted by Gasteiger charge is -2.39. The molecule has 2 aliphatic rings. The molecule has 2 aromatic rings. The molecule has 4 N–H and O–H groups in total. The second-order valence-corrected chi connectivity index (χ2v) is 13.4. The SMILES string of the molecule is C[C@H](C(=O)N1CCCC(NCC(C)(C)CO)C1)[C@@]1(NS(=O)(=O)c2ccc3cc(Cl)ccc3c2)CCNC1=O. The predicted octanol–water partition coefficient (Wildman–Crippen LogP) is 2.27. The minimum Gasteiger partial charge on any atom is -0.396 e. The Balaban J connectivity index is 1.54. The maximum Gasteiger partial charge on any atom is 0.242 e. The highest BCUT2D eigenvalue weighted by Gasteiger charge is 2.53. The van der Waals surface area contributed by atoms with E-state index in [-0.39, 0.29) is 41.8 Å². The highest BCUT2D eigenvalue weighted by molar-refractivity contribution is 7.89. The molecular formula is C27H37ClN4O5S. The van der Waals surface area contributed by atoms with Gasteiger partial charge in [0.25, 0.3) is 0 Å². The molecule has 2 saturated heterocycles. The molecule has 3 atom stereocenters. The summed E-state index contributed by atoms with van der Waals surface area (Å²) >= 11 is 6.05. The number of halogens is 1. The molecule has 1 unspecified atom stereocenters. The van der Waals surface area contributed by atoms with Crippen molar-refractivity contribution in [2.24, 2.45) is 11.3 Å². The lowest BCUT2D eigenvalue weighted by molar-refractivity contribution is -0.142. The lowest BCUT2D eigenvalue weighted by atomic mass is 9.83. The number of hydrogen-bond donors (Lipinski definition) is 4. The van der Waals surface area contributed by atoms with Crippen molar-refractivity contribution >= 4 is 44.2 Å². The molecule has 0 saturated carbocycles. The summed E-state index contributed by atoms with van der Waals surface area (Å²) in [6.45, 7) is 7.50. The monoisotopic (exact) mass is 564 g/mol. The van der Waals surface area contributed by atoms with E-state index in [4.69, 9.17) is 11.6 Å². The Kier molecular flexibility index (Phi) is 8.40. The fraction of sp³-hybridized carbons (Fsp3) is 0.556. The van der Waals surface area contributed by atoms with Gasteiger partial charge < -0.3 is 20.6 Å². The first-order valence-electron chi connectivity index (χ1n) is 13.0. The van der Waals surface area contributed by atoms with Crippen LogP contribution in [0, 0.1) is 11.3 Å². The van der Waals surface area contributed by atoms with Gasteiger partial charge in [0.15, 0.2) is 0 Å². The van der Waals surface area contributed by atoms with Crippen molar-refractivity contribution in [3.05, 3.63) is 41.4 Å². The Morgan fingerprint density at radius 2 is 1.97 bits per heavy atom. The Labute approximate surface area is 229 Å². The van der Waals surface area contributed by atoms with Crippen LogP contribution in [0.2, 0.25) is 5.02 Å². The number of aliphatic hydroxyl groups is 1. The molecule has 2 fully saturated rings. The number of amides is 2. The highest BCUT2D eigenvalue weighted by atomic mass is 35.5. The number of hydrogen-bond acceptors (Lipinski definition) is 6. The first kappa shape index (κ1) is 28.8. The maximum atomic E-state index is 13.7. The van der Waals surface area contributed by atoms with Crippen molar-refractivity contribution in [2.75, 3.05) is 32.8 Å². The van der Waals surface area contributed by atoms with E-state index in [0.29, 0.717) is 30.0 Å². The number of benzene rings is 2. The third-order valence-corrected chi connectivity index (χ3v) is 9.49. The lowest BCUT2D eigenvalue weighted by Crippen LogP contribution is -2.62. The van der Waals surface area contributed by atoms with Crippen LogP contribution in [0.25, 0.3) is 10.8 Å². The third kappa shape index (κ3) is 5.99. The maximum absolute atomic E-state index is 13.7. The van der Waals surface area contributed by atoms with Crippen LogP contribution in [-0.2, 0) is 19.6 Å². The smallest absolute Gasteiger partial charge is 0.242 e. The summed E-state index contributed by atoms with van der Waals surface area (Å²) in [5.74, 6) is -1.66. The Bertz CT molecular complexity index is 1320. The van der Waals surface area contributed by atoms with Gasteiger partial charge in [0.1, 0.15) is 5.54 Å². The summed E-state index contributed by atoms with van der Waals surface area (Å²) in [7, 11) is -4.14. The van der Waals surface area contributed by atoms with Crippen LogP contribution >= 0.6 is 11.6 Å². The number of carbonyl (C=O) groups is 2. The Morgan fingerprint density at radius 1 is 1.26 bits per heavy atom. The van der Waals surface area contributed by atoms with Crippen LogP contribution < -0.4 is 15.4 Å². The second kappa shape index (κ2) is 11.1. The average Bonchev–Trinajstić information content (AvgIpc) is 3.26. The first-order valence-corrected chi connectivity index (χ1v) is 14.9. The molecule has 0 radical (unpaired) electrons. The van der Waals surface area contributed by atoms with Crippen molar-refractivity contribution in [1.82, 2.24) is 20.3 Å². The molecule has 208 valence electrons. The van der Waals surface area contributed by atoms with Crippen LogP contribution in [0.3, 0.4) is 0 Å². The molecule has 0 aromatic heterocycles. The number of piperidine rings is 1. The van der Waals surface area contributed by atoms with Gasteiger partial charge in [-0.15, -0.1) is 0 Å². The molecule has 0 spiro atoms. The van der Waals surface area contributed by atoms with Gasteiger partial charge in [-0.05, 0) is 54.3 Å². The fourth-order valence-corrected chi connectivity index (χ4v) is 6.89. The summed E-state index contributed by atoms with van der Waals surface area (Å²) in [5.41, 5.74) is -1.87. The van der Waals surface area contributed by atoms with Gasteiger partial charge in [-0.1, -0.05) is 44.5 Å². The van der Waals surface area contributed by atoms with Crippen LogP contribution in [0.4, 0.5) is 0 Å². The van der Waals surface area contributed by atoms with Gasteiger partial charge in [-0.25, -0.2) is 8.42 Å². The Hall–Kier alpha value is -2.24. The molecule has 0 aliphatic carbocycles. The number of nitrogens with one attached hydrogen (secondary N) is 3. The minimum absolute atomic E-state index is 0.0137. The first-order chi connectivity index (χ1) is 17.9. The van der Waals surface area contributed by atoms with E-state index in [9.17, 15) is 23.1 Å². The van der Waals surface area contributed by atoms with Gasteiger partial charge >= 0.3 is 0 Å². The zero-order valence-electron chi connectivity index (χ0n) is 22.1. The van der Waals surface area contributed by atoms with Crippen molar-refractivity contribution in [2.45, 2.75) is 56.5 Å². The van der Waals surface area contributed by atoms with E-state index >= 15 is 0 Å². The summed E-state index contributed by atoms with van der Waals surface area (Å²) in [4.78, 5) is 28.6. The van der Waals surface area contributed by atoms with E-state index in [1.54, 1.807) is 36.1 Å². The Morgan fingerprint density at radius 3 is 2.66 bits per heavy atom. The zero-order valence-corrected chi connectivity index (χ0v) is 23.7. The normalized spacial score (nSPS) is 23.4. The number of nitrogens with zero attached hydrogens (tertiary/aromatic N) is 1. The molecule has 0 bridgehead atoms. The topological polar surface area (TPSA) is 128 Å². The summed E-state index contributed by atoms with van der Waals surface area (Å²) in [6.07, 6.45) is 1.86. The molecule has 2 heterocycles. The van der Waals surface area contributed by atoms with Crippen molar-refractivity contribution < 1.29 is 23.1 Å². The van der Waals surface area contributed by atoms with Gasteiger partial charge in [-0.2, -0.15) is 4.72 Å². The molecule has 2 aliphatic heterocycles. The standard InChI is InChI=1S/C27H37ClN4O5S/c1-18(24(34)32-12-4-5-22(15-32)30-16-26(2,3)17-33)27(10-11-29-25(27)35)31-38(36,37)23-9-7-19-13-21(28)8-6-20(19)14-23/h6-9,13-14,18,22,30-31,33H,4-5,10-12,15-17H2,1-3H3,(H,29,35)/t18-,22?,27+/m1/s1. The largest absolute Gasteiger partial charge is 0.396 e. The van der Waals surface area contributed by atoms with E-state index in [2.05, 4.69) is 15.4 Å². The predicted molar refractivity (Wildman–Crippen MR) is 147 cm³/mol. The molecule has 4 rings (SSSR count). The highest BCUT2D eigenvalue weighted by Crippen LogP contribution is 2.32. The zero-order chi connectivity index (χ0) is 27.7.